The second kappa shape index (κ2) is 7.49. The number of aliphatic hydroxyl groups is 1. The summed E-state index contributed by atoms with van der Waals surface area (Å²) in [6.45, 7) is 0.396. The number of amides is 2. The normalized spacial score (nSPS) is 20.6. The van der Waals surface area contributed by atoms with Gasteiger partial charge in [0.2, 0.25) is 0 Å². The average Bonchev–Trinajstić information content (AvgIpc) is 2.97. The quantitative estimate of drug-likeness (QED) is 0.805. The molecule has 0 aliphatic heterocycles. The Morgan fingerprint density at radius 2 is 2.04 bits per heavy atom. The number of aliphatic hydroxyl groups excluding tert-OH is 1. The van der Waals surface area contributed by atoms with Gasteiger partial charge in [-0.2, -0.15) is 5.10 Å². The monoisotopic (exact) mass is 328 g/mol. The Morgan fingerprint density at radius 1 is 1.29 bits per heavy atom. The van der Waals surface area contributed by atoms with Crippen LogP contribution in [0, 0.1) is 0 Å². The van der Waals surface area contributed by atoms with Crippen molar-refractivity contribution in [2.24, 2.45) is 7.05 Å². The third-order valence-electron chi connectivity index (χ3n) is 4.44. The highest BCUT2D eigenvalue weighted by molar-refractivity contribution is 5.74. The summed E-state index contributed by atoms with van der Waals surface area (Å²) >= 11 is 0. The van der Waals surface area contributed by atoms with Gasteiger partial charge in [0.1, 0.15) is 0 Å². The molecule has 1 aromatic carbocycles. The Hall–Kier alpha value is -2.34. The lowest BCUT2D eigenvalue weighted by atomic mass is 9.93. The maximum absolute atomic E-state index is 12.1. The van der Waals surface area contributed by atoms with Crippen molar-refractivity contribution in [3.63, 3.8) is 0 Å². The molecule has 3 rings (SSSR count). The van der Waals surface area contributed by atoms with Gasteiger partial charge in [-0.15, -0.1) is 0 Å². The van der Waals surface area contributed by atoms with Gasteiger partial charge >= 0.3 is 6.03 Å². The standard InChI is InChI=1S/C18H24N4O2/c1-22-12-14(17(21-22)13-7-3-2-4-8-13)11-19-18(24)20-15-9-5-6-10-16(15)23/h2-4,7-8,12,15-16,23H,5-6,9-11H2,1H3,(H2,19,20,24)/t15-,16+/m0/s1. The van der Waals surface area contributed by atoms with Gasteiger partial charge < -0.3 is 15.7 Å². The van der Waals surface area contributed by atoms with Gasteiger partial charge in [0.15, 0.2) is 0 Å². The molecule has 128 valence electrons. The third-order valence-corrected chi connectivity index (χ3v) is 4.44. The van der Waals surface area contributed by atoms with Crippen molar-refractivity contribution in [2.75, 3.05) is 0 Å². The lowest BCUT2D eigenvalue weighted by Gasteiger charge is -2.28. The zero-order valence-corrected chi connectivity index (χ0v) is 13.9. The van der Waals surface area contributed by atoms with Crippen LogP contribution < -0.4 is 10.6 Å². The van der Waals surface area contributed by atoms with Crippen LogP contribution in [0.15, 0.2) is 36.5 Å². The van der Waals surface area contributed by atoms with Gasteiger partial charge in [-0.1, -0.05) is 43.2 Å². The number of aryl methyl sites for hydroxylation is 1. The van der Waals surface area contributed by atoms with Crippen LogP contribution in [-0.2, 0) is 13.6 Å². The van der Waals surface area contributed by atoms with E-state index < -0.39 is 6.10 Å². The van der Waals surface area contributed by atoms with E-state index in [9.17, 15) is 9.90 Å². The molecule has 1 fully saturated rings. The van der Waals surface area contributed by atoms with Crippen molar-refractivity contribution >= 4 is 6.03 Å². The fraction of sp³-hybridized carbons (Fsp3) is 0.444. The van der Waals surface area contributed by atoms with Crippen LogP contribution >= 0.6 is 0 Å². The SMILES string of the molecule is Cn1cc(CNC(=O)N[C@H]2CCCC[C@H]2O)c(-c2ccccc2)n1. The lowest BCUT2D eigenvalue weighted by molar-refractivity contribution is 0.0943. The molecule has 1 saturated carbocycles. The number of nitrogens with zero attached hydrogens (tertiary/aromatic N) is 2. The number of carbonyl (C=O) groups is 1. The van der Waals surface area contributed by atoms with Crippen LogP contribution in [-0.4, -0.2) is 33.1 Å². The maximum atomic E-state index is 12.1. The van der Waals surface area contributed by atoms with Crippen molar-refractivity contribution in [1.82, 2.24) is 20.4 Å². The first-order valence-corrected chi connectivity index (χ1v) is 8.44. The Labute approximate surface area is 141 Å². The minimum Gasteiger partial charge on any atom is -0.391 e. The highest BCUT2D eigenvalue weighted by Gasteiger charge is 2.24. The van der Waals surface area contributed by atoms with Crippen molar-refractivity contribution in [3.05, 3.63) is 42.1 Å². The molecule has 24 heavy (non-hydrogen) atoms. The summed E-state index contributed by atoms with van der Waals surface area (Å²) < 4.78 is 1.75. The number of hydrogen-bond acceptors (Lipinski definition) is 3. The van der Waals surface area contributed by atoms with Crippen LogP contribution in [0.2, 0.25) is 0 Å². The summed E-state index contributed by atoms with van der Waals surface area (Å²) in [7, 11) is 1.87. The molecule has 6 heteroatoms. The van der Waals surface area contributed by atoms with Crippen molar-refractivity contribution in [3.8, 4) is 11.3 Å². The first-order valence-electron chi connectivity index (χ1n) is 8.44. The van der Waals surface area contributed by atoms with E-state index in [1.165, 1.54) is 0 Å². The summed E-state index contributed by atoms with van der Waals surface area (Å²) in [5.74, 6) is 0. The molecular formula is C18H24N4O2. The largest absolute Gasteiger partial charge is 0.391 e. The predicted molar refractivity (Wildman–Crippen MR) is 92.3 cm³/mol. The average molecular weight is 328 g/mol. The molecule has 0 spiro atoms. The van der Waals surface area contributed by atoms with E-state index in [0.717, 1.165) is 42.5 Å². The summed E-state index contributed by atoms with van der Waals surface area (Å²) in [6, 6.07) is 9.52. The molecule has 0 unspecified atom stereocenters. The molecule has 2 amide bonds. The Kier molecular flexibility index (Phi) is 5.15. The predicted octanol–water partition coefficient (Wildman–Crippen LogP) is 2.19. The van der Waals surface area contributed by atoms with Crippen molar-refractivity contribution < 1.29 is 9.90 Å². The van der Waals surface area contributed by atoms with Crippen LogP contribution in [0.1, 0.15) is 31.2 Å². The van der Waals surface area contributed by atoms with Gasteiger partial charge in [-0.25, -0.2) is 4.79 Å². The number of benzene rings is 1. The van der Waals surface area contributed by atoms with Gasteiger partial charge in [0.05, 0.1) is 17.8 Å². The summed E-state index contributed by atoms with van der Waals surface area (Å²) in [5, 5.41) is 20.2. The molecule has 3 N–H and O–H groups in total. The molecule has 0 saturated heterocycles. The maximum Gasteiger partial charge on any atom is 0.315 e. The van der Waals surface area contributed by atoms with E-state index in [1.54, 1.807) is 4.68 Å². The van der Waals surface area contributed by atoms with Crippen LogP contribution in [0.5, 0.6) is 0 Å². The van der Waals surface area contributed by atoms with Crippen LogP contribution in [0.4, 0.5) is 4.79 Å². The number of carbonyl (C=O) groups excluding carboxylic acids is 1. The Morgan fingerprint density at radius 3 is 2.79 bits per heavy atom. The fourth-order valence-corrected chi connectivity index (χ4v) is 3.18. The zero-order valence-electron chi connectivity index (χ0n) is 13.9. The minimum absolute atomic E-state index is 0.152. The van der Waals surface area contributed by atoms with Gasteiger partial charge in [-0.05, 0) is 12.8 Å². The highest BCUT2D eigenvalue weighted by atomic mass is 16.3. The molecule has 6 nitrogen and oxygen atoms in total. The van der Waals surface area contributed by atoms with E-state index in [-0.39, 0.29) is 12.1 Å². The van der Waals surface area contributed by atoms with E-state index in [4.69, 9.17) is 0 Å². The number of aromatic nitrogens is 2. The fourth-order valence-electron chi connectivity index (χ4n) is 3.18. The molecule has 1 heterocycles. The van der Waals surface area contributed by atoms with Crippen molar-refractivity contribution in [2.45, 2.75) is 44.4 Å². The highest BCUT2D eigenvalue weighted by Crippen LogP contribution is 2.21. The molecule has 1 aliphatic rings. The molecule has 0 bridgehead atoms. The molecule has 1 aliphatic carbocycles. The Bertz CT molecular complexity index is 684. The number of nitrogens with one attached hydrogen (secondary N) is 2. The second-order valence-corrected chi connectivity index (χ2v) is 6.33. The number of rotatable bonds is 4. The summed E-state index contributed by atoms with van der Waals surface area (Å²) in [4.78, 5) is 12.1. The van der Waals surface area contributed by atoms with Gasteiger partial charge in [0, 0.05) is 30.9 Å². The molecular weight excluding hydrogens is 304 g/mol. The molecule has 1 aromatic heterocycles. The van der Waals surface area contributed by atoms with E-state index in [1.807, 2.05) is 43.6 Å². The summed E-state index contributed by atoms with van der Waals surface area (Å²) in [6.07, 6.45) is 5.13. The Balaban J connectivity index is 1.61. The molecule has 0 radical (unpaired) electrons. The molecule has 2 atom stereocenters. The van der Waals surface area contributed by atoms with Crippen LogP contribution in [0.3, 0.4) is 0 Å². The first-order chi connectivity index (χ1) is 11.6. The molecule has 2 aromatic rings. The van der Waals surface area contributed by atoms with Crippen molar-refractivity contribution in [1.29, 1.82) is 0 Å². The third kappa shape index (κ3) is 3.94. The van der Waals surface area contributed by atoms with E-state index in [2.05, 4.69) is 15.7 Å². The zero-order chi connectivity index (χ0) is 16.9. The van der Waals surface area contributed by atoms with E-state index in [0.29, 0.717) is 6.54 Å². The van der Waals surface area contributed by atoms with Crippen LogP contribution in [0.25, 0.3) is 11.3 Å². The smallest absolute Gasteiger partial charge is 0.315 e. The van der Waals surface area contributed by atoms with Gasteiger partial charge in [0.25, 0.3) is 0 Å². The summed E-state index contributed by atoms with van der Waals surface area (Å²) in [5.41, 5.74) is 2.86. The second-order valence-electron chi connectivity index (χ2n) is 6.33. The number of hydrogen-bond donors (Lipinski definition) is 3. The first kappa shape index (κ1) is 16.5. The lowest BCUT2D eigenvalue weighted by Crippen LogP contribution is -2.48. The number of urea groups is 1. The van der Waals surface area contributed by atoms with Gasteiger partial charge in [-0.3, -0.25) is 4.68 Å². The topological polar surface area (TPSA) is 79.2 Å². The van der Waals surface area contributed by atoms with E-state index >= 15 is 0 Å². The minimum atomic E-state index is -0.442.